The van der Waals surface area contributed by atoms with E-state index in [2.05, 4.69) is 101 Å². The highest BCUT2D eigenvalue weighted by atomic mass is 16.5. The van der Waals surface area contributed by atoms with E-state index in [0.29, 0.717) is 5.41 Å². The topological polar surface area (TPSA) is 12.5 Å². The minimum absolute atomic E-state index is 0.130. The predicted octanol–water partition coefficient (Wildman–Crippen LogP) is 6.77. The SMILES string of the molecule is CN(CCC=C1c2ccccc2CCc2ccccc21)CC(C)(C)OCCC(C)(C)C. The van der Waals surface area contributed by atoms with Crippen LogP contribution in [0.15, 0.2) is 54.6 Å². The van der Waals surface area contributed by atoms with Gasteiger partial charge in [-0.2, -0.15) is 0 Å². The minimum atomic E-state index is -0.130. The molecule has 0 N–H and O–H groups in total. The molecule has 0 unspecified atom stereocenters. The molecule has 0 bridgehead atoms. The van der Waals surface area contributed by atoms with Crippen molar-refractivity contribution in [1.82, 2.24) is 4.90 Å². The van der Waals surface area contributed by atoms with Gasteiger partial charge in [0.25, 0.3) is 0 Å². The highest BCUT2D eigenvalue weighted by Gasteiger charge is 2.22. The average molecular weight is 420 g/mol. The van der Waals surface area contributed by atoms with Gasteiger partial charge in [0.2, 0.25) is 0 Å². The molecule has 3 rings (SSSR count). The summed E-state index contributed by atoms with van der Waals surface area (Å²) < 4.78 is 6.22. The molecule has 0 fully saturated rings. The molecular formula is C29H41NO. The lowest BCUT2D eigenvalue weighted by molar-refractivity contribution is -0.0442. The van der Waals surface area contributed by atoms with Crippen LogP contribution in [-0.4, -0.2) is 37.2 Å². The zero-order valence-corrected chi connectivity index (χ0v) is 20.5. The summed E-state index contributed by atoms with van der Waals surface area (Å²) in [6, 6.07) is 17.8. The van der Waals surface area contributed by atoms with Crippen molar-refractivity contribution in [1.29, 1.82) is 0 Å². The maximum absolute atomic E-state index is 6.22. The van der Waals surface area contributed by atoms with Crippen LogP contribution in [-0.2, 0) is 17.6 Å². The van der Waals surface area contributed by atoms with Gasteiger partial charge in [-0.3, -0.25) is 0 Å². The van der Waals surface area contributed by atoms with Crippen molar-refractivity contribution < 1.29 is 4.74 Å². The summed E-state index contributed by atoms with van der Waals surface area (Å²) in [6.45, 7) is 14.0. The molecule has 2 aromatic carbocycles. The van der Waals surface area contributed by atoms with Crippen LogP contribution >= 0.6 is 0 Å². The summed E-state index contributed by atoms with van der Waals surface area (Å²) >= 11 is 0. The zero-order chi connectivity index (χ0) is 22.5. The van der Waals surface area contributed by atoms with Gasteiger partial charge in [0.15, 0.2) is 0 Å². The first-order chi connectivity index (χ1) is 14.6. The molecule has 0 aliphatic heterocycles. The Morgan fingerprint density at radius 1 is 0.871 bits per heavy atom. The molecule has 2 aromatic rings. The van der Waals surface area contributed by atoms with Crippen LogP contribution in [0.25, 0.3) is 5.57 Å². The first-order valence-corrected chi connectivity index (χ1v) is 11.8. The van der Waals surface area contributed by atoms with E-state index in [1.54, 1.807) is 0 Å². The van der Waals surface area contributed by atoms with E-state index in [1.807, 2.05) is 0 Å². The molecule has 2 nitrogen and oxygen atoms in total. The number of hydrogen-bond donors (Lipinski definition) is 0. The fourth-order valence-corrected chi connectivity index (χ4v) is 4.47. The Morgan fingerprint density at radius 3 is 1.97 bits per heavy atom. The quantitative estimate of drug-likeness (QED) is 0.468. The number of ether oxygens (including phenoxy) is 1. The number of benzene rings is 2. The molecule has 0 atom stereocenters. The lowest BCUT2D eigenvalue weighted by Gasteiger charge is -2.31. The molecule has 0 heterocycles. The third kappa shape index (κ3) is 7.05. The second-order valence-corrected chi connectivity index (χ2v) is 10.9. The minimum Gasteiger partial charge on any atom is -0.374 e. The number of nitrogens with zero attached hydrogens (tertiary/aromatic N) is 1. The summed E-state index contributed by atoms with van der Waals surface area (Å²) in [7, 11) is 2.21. The van der Waals surface area contributed by atoms with Crippen LogP contribution in [0, 0.1) is 5.41 Å². The largest absolute Gasteiger partial charge is 0.374 e. The van der Waals surface area contributed by atoms with Crippen LogP contribution < -0.4 is 0 Å². The van der Waals surface area contributed by atoms with Gasteiger partial charge in [0.05, 0.1) is 5.60 Å². The Balaban J connectivity index is 1.65. The number of fused-ring (bicyclic) bond motifs is 2. The number of rotatable bonds is 8. The average Bonchev–Trinajstić information content (AvgIpc) is 2.84. The van der Waals surface area contributed by atoms with Crippen LogP contribution in [0.1, 0.15) is 69.7 Å². The normalized spacial score (nSPS) is 14.2. The van der Waals surface area contributed by atoms with Crippen molar-refractivity contribution >= 4 is 5.57 Å². The van der Waals surface area contributed by atoms with E-state index in [4.69, 9.17) is 4.74 Å². The fraction of sp³-hybridized carbons (Fsp3) is 0.517. The van der Waals surface area contributed by atoms with Crippen molar-refractivity contribution in [2.75, 3.05) is 26.7 Å². The summed E-state index contributed by atoms with van der Waals surface area (Å²) in [5.41, 5.74) is 7.33. The van der Waals surface area contributed by atoms with E-state index in [9.17, 15) is 0 Å². The van der Waals surface area contributed by atoms with Gasteiger partial charge in [-0.1, -0.05) is 75.4 Å². The van der Waals surface area contributed by atoms with Crippen LogP contribution in [0.4, 0.5) is 0 Å². The molecular weight excluding hydrogens is 378 g/mol. The Morgan fingerprint density at radius 2 is 1.42 bits per heavy atom. The van der Waals surface area contributed by atoms with Gasteiger partial charge < -0.3 is 9.64 Å². The van der Waals surface area contributed by atoms with Crippen LogP contribution in [0.2, 0.25) is 0 Å². The highest BCUT2D eigenvalue weighted by Crippen LogP contribution is 2.33. The van der Waals surface area contributed by atoms with Gasteiger partial charge >= 0.3 is 0 Å². The third-order valence-corrected chi connectivity index (χ3v) is 6.13. The molecule has 0 radical (unpaired) electrons. The third-order valence-electron chi connectivity index (χ3n) is 6.13. The zero-order valence-electron chi connectivity index (χ0n) is 20.5. The van der Waals surface area contributed by atoms with Crippen molar-refractivity contribution in [2.24, 2.45) is 5.41 Å². The second kappa shape index (κ2) is 10.1. The Kier molecular flexibility index (Phi) is 7.78. The Labute approximate surface area is 190 Å². The van der Waals surface area contributed by atoms with E-state index >= 15 is 0 Å². The molecule has 0 saturated heterocycles. The van der Waals surface area contributed by atoms with E-state index in [1.165, 1.54) is 27.8 Å². The lowest BCUT2D eigenvalue weighted by atomic mass is 9.93. The van der Waals surface area contributed by atoms with Crippen molar-refractivity contribution in [2.45, 2.75) is 65.9 Å². The number of hydrogen-bond acceptors (Lipinski definition) is 2. The maximum atomic E-state index is 6.22. The maximum Gasteiger partial charge on any atom is 0.0752 e. The van der Waals surface area contributed by atoms with Crippen LogP contribution in [0.5, 0.6) is 0 Å². The Hall–Kier alpha value is -1.90. The molecule has 31 heavy (non-hydrogen) atoms. The second-order valence-electron chi connectivity index (χ2n) is 10.9. The van der Waals surface area contributed by atoms with Crippen molar-refractivity contribution in [3.63, 3.8) is 0 Å². The number of aryl methyl sites for hydroxylation is 2. The van der Waals surface area contributed by atoms with Gasteiger partial charge in [0, 0.05) is 19.7 Å². The van der Waals surface area contributed by atoms with Crippen molar-refractivity contribution in [3.8, 4) is 0 Å². The van der Waals surface area contributed by atoms with Gasteiger partial charge in [0.1, 0.15) is 0 Å². The molecule has 0 saturated carbocycles. The van der Waals surface area contributed by atoms with E-state index < -0.39 is 0 Å². The summed E-state index contributed by atoms with van der Waals surface area (Å²) in [5.74, 6) is 0. The van der Waals surface area contributed by atoms with Gasteiger partial charge in [-0.25, -0.2) is 0 Å². The lowest BCUT2D eigenvalue weighted by Crippen LogP contribution is -2.39. The van der Waals surface area contributed by atoms with Crippen LogP contribution in [0.3, 0.4) is 0 Å². The molecule has 0 aromatic heterocycles. The first-order valence-electron chi connectivity index (χ1n) is 11.8. The standard InChI is InChI=1S/C29H41NO/c1-28(2,3)19-21-31-29(4,5)22-30(6)20-11-16-27-25-14-9-7-12-23(25)17-18-24-13-8-10-15-26(24)27/h7-10,12-16H,11,17-22H2,1-6H3. The highest BCUT2D eigenvalue weighted by molar-refractivity contribution is 5.83. The monoisotopic (exact) mass is 419 g/mol. The summed E-state index contributed by atoms with van der Waals surface area (Å²) in [5, 5.41) is 0. The molecule has 1 aliphatic rings. The van der Waals surface area contributed by atoms with Gasteiger partial charge in [-0.15, -0.1) is 0 Å². The summed E-state index contributed by atoms with van der Waals surface area (Å²) in [6.07, 6.45) is 6.81. The van der Waals surface area contributed by atoms with E-state index in [-0.39, 0.29) is 5.60 Å². The van der Waals surface area contributed by atoms with Crippen molar-refractivity contribution in [3.05, 3.63) is 76.9 Å². The predicted molar refractivity (Wildman–Crippen MR) is 134 cm³/mol. The molecule has 2 heteroatoms. The Bertz CT molecular complexity index is 838. The smallest absolute Gasteiger partial charge is 0.0752 e. The van der Waals surface area contributed by atoms with Gasteiger partial charge in [-0.05, 0) is 79.8 Å². The summed E-state index contributed by atoms with van der Waals surface area (Å²) in [4.78, 5) is 2.41. The van der Waals surface area contributed by atoms with E-state index in [0.717, 1.165) is 45.4 Å². The molecule has 0 spiro atoms. The number of likely N-dealkylation sites (N-methyl/N-ethyl adjacent to an activating group) is 1. The fourth-order valence-electron chi connectivity index (χ4n) is 4.47. The molecule has 1 aliphatic carbocycles. The first kappa shape index (κ1) is 23.8. The molecule has 0 amide bonds. The molecule has 168 valence electrons.